The lowest BCUT2D eigenvalue weighted by Gasteiger charge is -2.35. The third-order valence-electron chi connectivity index (χ3n) is 5.41. The van der Waals surface area contributed by atoms with Crippen LogP contribution in [0.5, 0.6) is 0 Å². The number of aromatic nitrogens is 3. The number of hydrogen-bond donors (Lipinski definition) is 2. The average Bonchev–Trinajstić information content (AvgIpc) is 2.71. The molecule has 0 spiro atoms. The van der Waals surface area contributed by atoms with E-state index in [1.807, 2.05) is 25.3 Å². The SMILES string of the molecule is C=C1NCC(C)(C)c2cc(C(=C)c3cnc(Nc4ccncc4)nc3C)ccc21. The summed E-state index contributed by atoms with van der Waals surface area (Å²) in [5, 5.41) is 6.59. The molecule has 5 nitrogen and oxygen atoms in total. The van der Waals surface area contributed by atoms with Crippen molar-refractivity contribution in [3.8, 4) is 0 Å². The minimum absolute atomic E-state index is 0.0245. The molecule has 0 atom stereocenters. The van der Waals surface area contributed by atoms with Gasteiger partial charge in [0.15, 0.2) is 0 Å². The van der Waals surface area contributed by atoms with E-state index >= 15 is 0 Å². The minimum Gasteiger partial charge on any atom is -0.384 e. The molecule has 0 fully saturated rings. The smallest absolute Gasteiger partial charge is 0.227 e. The van der Waals surface area contributed by atoms with Crippen LogP contribution in [-0.4, -0.2) is 21.5 Å². The fourth-order valence-electron chi connectivity index (χ4n) is 3.62. The van der Waals surface area contributed by atoms with Crippen molar-refractivity contribution >= 4 is 22.9 Å². The molecule has 0 unspecified atom stereocenters. The minimum atomic E-state index is 0.0245. The highest BCUT2D eigenvalue weighted by atomic mass is 15.1. The van der Waals surface area contributed by atoms with E-state index in [1.165, 1.54) is 11.1 Å². The van der Waals surface area contributed by atoms with Crippen LogP contribution in [0.3, 0.4) is 0 Å². The summed E-state index contributed by atoms with van der Waals surface area (Å²) in [6.45, 7) is 15.8. The van der Waals surface area contributed by atoms with Gasteiger partial charge in [0.05, 0.1) is 5.69 Å². The van der Waals surface area contributed by atoms with E-state index in [-0.39, 0.29) is 5.41 Å². The molecule has 2 N–H and O–H groups in total. The van der Waals surface area contributed by atoms with Gasteiger partial charge in [-0.3, -0.25) is 4.98 Å². The summed E-state index contributed by atoms with van der Waals surface area (Å²) in [6, 6.07) is 10.2. The number of nitrogens with zero attached hydrogens (tertiary/aromatic N) is 3. The molecule has 4 rings (SSSR count). The van der Waals surface area contributed by atoms with Gasteiger partial charge in [-0.1, -0.05) is 39.1 Å². The molecular formula is C24H25N5. The molecule has 0 bridgehead atoms. The molecule has 146 valence electrons. The summed E-state index contributed by atoms with van der Waals surface area (Å²) < 4.78 is 0. The quantitative estimate of drug-likeness (QED) is 0.675. The van der Waals surface area contributed by atoms with Crippen molar-refractivity contribution < 1.29 is 0 Å². The van der Waals surface area contributed by atoms with Crippen LogP contribution in [0.1, 0.15) is 41.8 Å². The average molecular weight is 383 g/mol. The van der Waals surface area contributed by atoms with Crippen LogP contribution in [0, 0.1) is 6.92 Å². The van der Waals surface area contributed by atoms with E-state index in [0.717, 1.165) is 40.3 Å². The van der Waals surface area contributed by atoms with E-state index in [4.69, 9.17) is 0 Å². The van der Waals surface area contributed by atoms with E-state index in [0.29, 0.717) is 5.95 Å². The zero-order valence-corrected chi connectivity index (χ0v) is 17.1. The van der Waals surface area contributed by atoms with Gasteiger partial charge < -0.3 is 10.6 Å². The molecule has 0 radical (unpaired) electrons. The molecule has 0 saturated carbocycles. The normalized spacial score (nSPS) is 14.7. The number of nitrogens with one attached hydrogen (secondary N) is 2. The highest BCUT2D eigenvalue weighted by Crippen LogP contribution is 2.36. The molecule has 2 aromatic heterocycles. The maximum Gasteiger partial charge on any atom is 0.227 e. The van der Waals surface area contributed by atoms with Crippen molar-refractivity contribution in [2.75, 3.05) is 11.9 Å². The first kappa shape index (κ1) is 18.9. The molecule has 29 heavy (non-hydrogen) atoms. The van der Waals surface area contributed by atoms with Crippen LogP contribution >= 0.6 is 0 Å². The van der Waals surface area contributed by atoms with Crippen LogP contribution < -0.4 is 10.6 Å². The fraction of sp³-hybridized carbons (Fsp3) is 0.208. The molecule has 1 aromatic carbocycles. The van der Waals surface area contributed by atoms with E-state index in [9.17, 15) is 0 Å². The summed E-state index contributed by atoms with van der Waals surface area (Å²) in [5.41, 5.74) is 8.17. The van der Waals surface area contributed by atoms with Crippen molar-refractivity contribution in [1.82, 2.24) is 20.3 Å². The van der Waals surface area contributed by atoms with Crippen LogP contribution in [-0.2, 0) is 5.41 Å². The molecule has 5 heteroatoms. The predicted octanol–water partition coefficient (Wildman–Crippen LogP) is 4.84. The van der Waals surface area contributed by atoms with Gasteiger partial charge in [0.1, 0.15) is 0 Å². The van der Waals surface area contributed by atoms with Gasteiger partial charge in [0.2, 0.25) is 5.95 Å². The Labute approximate surface area is 171 Å². The molecule has 1 aliphatic heterocycles. The lowest BCUT2D eigenvalue weighted by Crippen LogP contribution is -2.37. The first-order valence-corrected chi connectivity index (χ1v) is 9.63. The van der Waals surface area contributed by atoms with E-state index < -0.39 is 0 Å². The van der Waals surface area contributed by atoms with Gasteiger partial charge >= 0.3 is 0 Å². The molecule has 0 saturated heterocycles. The highest BCUT2D eigenvalue weighted by Gasteiger charge is 2.29. The van der Waals surface area contributed by atoms with Gasteiger partial charge in [-0.2, -0.15) is 0 Å². The van der Waals surface area contributed by atoms with Gasteiger partial charge in [0.25, 0.3) is 0 Å². The van der Waals surface area contributed by atoms with Gasteiger partial charge in [-0.15, -0.1) is 0 Å². The second-order valence-corrected chi connectivity index (χ2v) is 8.01. The standard InChI is InChI=1S/C24H25N5/c1-15(18-6-7-20-16(2)27-14-24(4,5)22(20)12-18)21-13-26-23(28-17(21)3)29-19-8-10-25-11-9-19/h6-13,27H,1-2,14H2,3-5H3,(H,25,26,28,29). The zero-order chi connectivity index (χ0) is 20.6. The zero-order valence-electron chi connectivity index (χ0n) is 17.1. The number of anilines is 2. The molecule has 3 heterocycles. The first-order chi connectivity index (χ1) is 13.8. The predicted molar refractivity (Wildman–Crippen MR) is 119 cm³/mol. The van der Waals surface area contributed by atoms with E-state index in [2.05, 4.69) is 70.8 Å². The Morgan fingerprint density at radius 2 is 1.93 bits per heavy atom. The fourth-order valence-corrected chi connectivity index (χ4v) is 3.62. The molecule has 0 aliphatic carbocycles. The Hall–Kier alpha value is -3.47. The number of fused-ring (bicyclic) bond motifs is 1. The monoisotopic (exact) mass is 383 g/mol. The lowest BCUT2D eigenvalue weighted by atomic mass is 9.77. The van der Waals surface area contributed by atoms with Crippen LogP contribution in [0.25, 0.3) is 11.3 Å². The number of hydrogen-bond acceptors (Lipinski definition) is 5. The Bertz CT molecular complexity index is 1100. The van der Waals surface area contributed by atoms with Crippen molar-refractivity contribution in [3.63, 3.8) is 0 Å². The maximum atomic E-state index is 4.62. The Balaban J connectivity index is 1.64. The number of aryl methyl sites for hydroxylation is 1. The second-order valence-electron chi connectivity index (χ2n) is 8.01. The summed E-state index contributed by atoms with van der Waals surface area (Å²) in [5.74, 6) is 0.555. The van der Waals surface area contributed by atoms with Crippen LogP contribution in [0.4, 0.5) is 11.6 Å². The van der Waals surface area contributed by atoms with Gasteiger partial charge in [-0.25, -0.2) is 9.97 Å². The van der Waals surface area contributed by atoms with Crippen molar-refractivity contribution in [1.29, 1.82) is 0 Å². The summed E-state index contributed by atoms with van der Waals surface area (Å²) >= 11 is 0. The Kier molecular flexibility index (Phi) is 4.66. The highest BCUT2D eigenvalue weighted by molar-refractivity contribution is 5.81. The van der Waals surface area contributed by atoms with Crippen molar-refractivity contribution in [2.24, 2.45) is 0 Å². The molecule has 3 aromatic rings. The Morgan fingerprint density at radius 3 is 2.66 bits per heavy atom. The van der Waals surface area contributed by atoms with Gasteiger partial charge in [0, 0.05) is 53.1 Å². The summed E-state index contributed by atoms with van der Waals surface area (Å²) in [7, 11) is 0. The lowest BCUT2D eigenvalue weighted by molar-refractivity contribution is 0.493. The third-order valence-corrected chi connectivity index (χ3v) is 5.41. The summed E-state index contributed by atoms with van der Waals surface area (Å²) in [4.78, 5) is 13.1. The van der Waals surface area contributed by atoms with Crippen molar-refractivity contribution in [2.45, 2.75) is 26.2 Å². The van der Waals surface area contributed by atoms with Crippen molar-refractivity contribution in [3.05, 3.63) is 90.0 Å². The third kappa shape index (κ3) is 3.63. The maximum absolute atomic E-state index is 4.62. The number of pyridine rings is 1. The Morgan fingerprint density at radius 1 is 1.17 bits per heavy atom. The molecule has 0 amide bonds. The molecule has 1 aliphatic rings. The van der Waals surface area contributed by atoms with E-state index in [1.54, 1.807) is 12.4 Å². The number of benzene rings is 1. The van der Waals surface area contributed by atoms with Crippen LogP contribution in [0.15, 0.2) is 62.1 Å². The topological polar surface area (TPSA) is 62.7 Å². The summed E-state index contributed by atoms with van der Waals surface area (Å²) in [6.07, 6.45) is 5.29. The first-order valence-electron chi connectivity index (χ1n) is 9.63. The molecular weight excluding hydrogens is 358 g/mol. The number of rotatable bonds is 4. The van der Waals surface area contributed by atoms with Gasteiger partial charge in [-0.05, 0) is 41.8 Å². The van der Waals surface area contributed by atoms with Crippen LogP contribution in [0.2, 0.25) is 0 Å². The largest absolute Gasteiger partial charge is 0.384 e. The second kappa shape index (κ2) is 7.17.